The summed E-state index contributed by atoms with van der Waals surface area (Å²) in [4.78, 5) is 2.69. The fourth-order valence-corrected chi connectivity index (χ4v) is 3.90. The second kappa shape index (κ2) is 6.12. The van der Waals surface area contributed by atoms with Crippen LogP contribution in [-0.2, 0) is 0 Å². The zero-order chi connectivity index (χ0) is 10.5. The second-order valence-electron chi connectivity index (χ2n) is 4.92. The van der Waals surface area contributed by atoms with Gasteiger partial charge in [-0.15, -0.1) is 0 Å². The number of nitrogens with one attached hydrogen (secondary N) is 1. The van der Waals surface area contributed by atoms with Gasteiger partial charge in [0.1, 0.15) is 0 Å². The van der Waals surface area contributed by atoms with E-state index >= 15 is 0 Å². The van der Waals surface area contributed by atoms with Gasteiger partial charge in [0.15, 0.2) is 0 Å². The minimum Gasteiger partial charge on any atom is -0.317 e. The van der Waals surface area contributed by atoms with Crippen LogP contribution >= 0.6 is 11.8 Å². The maximum absolute atomic E-state index is 3.40. The molecular weight excluding hydrogens is 204 g/mol. The summed E-state index contributed by atoms with van der Waals surface area (Å²) in [7, 11) is 2.10. The molecule has 0 aromatic rings. The van der Waals surface area contributed by atoms with E-state index < -0.39 is 0 Å². The lowest BCUT2D eigenvalue weighted by Gasteiger charge is -2.35. The molecule has 0 bridgehead atoms. The molecule has 15 heavy (non-hydrogen) atoms. The summed E-state index contributed by atoms with van der Waals surface area (Å²) in [6.45, 7) is 4.00. The summed E-state index contributed by atoms with van der Waals surface area (Å²) in [5.74, 6) is 3.80. The molecule has 3 heteroatoms. The Morgan fingerprint density at radius 2 is 1.80 bits per heavy atom. The molecule has 0 aromatic heterocycles. The highest BCUT2D eigenvalue weighted by molar-refractivity contribution is 7.99. The maximum Gasteiger partial charge on any atom is 0.00884 e. The van der Waals surface area contributed by atoms with E-state index in [1.807, 2.05) is 0 Å². The van der Waals surface area contributed by atoms with Crippen molar-refractivity contribution in [2.24, 2.45) is 5.92 Å². The molecule has 0 saturated carbocycles. The summed E-state index contributed by atoms with van der Waals surface area (Å²) in [5.41, 5.74) is 0. The van der Waals surface area contributed by atoms with Gasteiger partial charge in [0, 0.05) is 12.6 Å². The zero-order valence-electron chi connectivity index (χ0n) is 9.87. The Labute approximate surface area is 98.2 Å². The monoisotopic (exact) mass is 228 g/mol. The van der Waals surface area contributed by atoms with Crippen LogP contribution < -0.4 is 5.32 Å². The Bertz CT molecular complexity index is 172. The predicted octanol–water partition coefficient (Wildman–Crippen LogP) is 1.81. The molecule has 0 radical (unpaired) electrons. The van der Waals surface area contributed by atoms with Gasteiger partial charge in [0.05, 0.1) is 0 Å². The zero-order valence-corrected chi connectivity index (χ0v) is 10.7. The van der Waals surface area contributed by atoms with Gasteiger partial charge in [-0.1, -0.05) is 0 Å². The normalized spacial score (nSPS) is 27.0. The van der Waals surface area contributed by atoms with Crippen molar-refractivity contribution >= 4 is 11.8 Å². The number of rotatable bonds is 3. The molecular formula is C12H24N2S. The Hall–Kier alpha value is 0.270. The summed E-state index contributed by atoms with van der Waals surface area (Å²) in [5, 5.41) is 3.40. The SMILES string of the molecule is CNC1CCN(CC2CCSCC2)CC1. The van der Waals surface area contributed by atoms with E-state index in [0.29, 0.717) is 0 Å². The third-order valence-corrected chi connectivity index (χ3v) is 4.90. The lowest BCUT2D eigenvalue weighted by molar-refractivity contribution is 0.171. The lowest BCUT2D eigenvalue weighted by Crippen LogP contribution is -2.43. The van der Waals surface area contributed by atoms with Crippen LogP contribution in [0.5, 0.6) is 0 Å². The van der Waals surface area contributed by atoms with Crippen LogP contribution in [-0.4, -0.2) is 49.1 Å². The molecule has 2 heterocycles. The summed E-state index contributed by atoms with van der Waals surface area (Å²) in [6, 6.07) is 0.781. The van der Waals surface area contributed by atoms with Crippen LogP contribution in [0.15, 0.2) is 0 Å². The van der Waals surface area contributed by atoms with Gasteiger partial charge in [-0.3, -0.25) is 0 Å². The molecule has 2 rings (SSSR count). The smallest absolute Gasteiger partial charge is 0.00884 e. The first-order valence-corrected chi connectivity index (χ1v) is 7.51. The van der Waals surface area contributed by atoms with Gasteiger partial charge >= 0.3 is 0 Å². The van der Waals surface area contributed by atoms with Gasteiger partial charge < -0.3 is 10.2 Å². The Kier molecular flexibility index (Phi) is 4.79. The van der Waals surface area contributed by atoms with Crippen LogP contribution in [0.4, 0.5) is 0 Å². The lowest BCUT2D eigenvalue weighted by atomic mass is 9.99. The van der Waals surface area contributed by atoms with Crippen LogP contribution in [0.3, 0.4) is 0 Å². The van der Waals surface area contributed by atoms with E-state index in [1.54, 1.807) is 0 Å². The number of nitrogens with zero attached hydrogens (tertiary/aromatic N) is 1. The van der Waals surface area contributed by atoms with E-state index in [0.717, 1.165) is 12.0 Å². The number of thioether (sulfide) groups is 1. The third-order valence-electron chi connectivity index (χ3n) is 3.85. The average molecular weight is 228 g/mol. The van der Waals surface area contributed by atoms with Crippen molar-refractivity contribution in [2.75, 3.05) is 38.2 Å². The molecule has 0 spiro atoms. The summed E-state index contributed by atoms with van der Waals surface area (Å²) >= 11 is 2.14. The summed E-state index contributed by atoms with van der Waals surface area (Å²) < 4.78 is 0. The van der Waals surface area contributed by atoms with Crippen LogP contribution in [0.1, 0.15) is 25.7 Å². The van der Waals surface area contributed by atoms with Crippen LogP contribution in [0, 0.1) is 5.92 Å². The topological polar surface area (TPSA) is 15.3 Å². The number of hydrogen-bond donors (Lipinski definition) is 1. The molecule has 0 amide bonds. The van der Waals surface area contributed by atoms with Crippen molar-refractivity contribution in [3.63, 3.8) is 0 Å². The van der Waals surface area contributed by atoms with Crippen molar-refractivity contribution in [3.05, 3.63) is 0 Å². The minimum absolute atomic E-state index is 0.781. The van der Waals surface area contributed by atoms with Crippen LogP contribution in [0.25, 0.3) is 0 Å². The average Bonchev–Trinajstić information content (AvgIpc) is 2.31. The molecule has 2 aliphatic rings. The first kappa shape index (κ1) is 11.7. The molecule has 2 fully saturated rings. The second-order valence-corrected chi connectivity index (χ2v) is 6.14. The van der Waals surface area contributed by atoms with E-state index in [2.05, 4.69) is 29.0 Å². The molecule has 2 nitrogen and oxygen atoms in total. The standard InChI is InChI=1S/C12H24N2S/c1-13-12-2-6-14(7-3-12)10-11-4-8-15-9-5-11/h11-13H,2-10H2,1H3. The molecule has 0 aromatic carbocycles. The molecule has 0 unspecified atom stereocenters. The fourth-order valence-electron chi connectivity index (χ4n) is 2.70. The first-order valence-electron chi connectivity index (χ1n) is 6.36. The third kappa shape index (κ3) is 3.65. The molecule has 2 saturated heterocycles. The number of likely N-dealkylation sites (tertiary alicyclic amines) is 1. The van der Waals surface area contributed by atoms with Crippen molar-refractivity contribution in [2.45, 2.75) is 31.7 Å². The molecule has 2 aliphatic heterocycles. The Morgan fingerprint density at radius 3 is 2.40 bits per heavy atom. The van der Waals surface area contributed by atoms with Gasteiger partial charge in [-0.05, 0) is 63.2 Å². The van der Waals surface area contributed by atoms with Gasteiger partial charge in [-0.25, -0.2) is 0 Å². The first-order chi connectivity index (χ1) is 7.38. The highest BCUT2D eigenvalue weighted by Gasteiger charge is 2.21. The van der Waals surface area contributed by atoms with Crippen molar-refractivity contribution in [1.29, 1.82) is 0 Å². The van der Waals surface area contributed by atoms with E-state index in [9.17, 15) is 0 Å². The number of piperidine rings is 1. The van der Waals surface area contributed by atoms with Gasteiger partial charge in [0.2, 0.25) is 0 Å². The highest BCUT2D eigenvalue weighted by atomic mass is 32.2. The van der Waals surface area contributed by atoms with Crippen molar-refractivity contribution in [3.8, 4) is 0 Å². The molecule has 1 N–H and O–H groups in total. The van der Waals surface area contributed by atoms with E-state index in [4.69, 9.17) is 0 Å². The highest BCUT2D eigenvalue weighted by Crippen LogP contribution is 2.24. The fraction of sp³-hybridized carbons (Fsp3) is 1.00. The molecule has 0 aliphatic carbocycles. The molecule has 0 atom stereocenters. The maximum atomic E-state index is 3.40. The van der Waals surface area contributed by atoms with E-state index in [1.165, 1.54) is 56.8 Å². The van der Waals surface area contributed by atoms with E-state index in [-0.39, 0.29) is 0 Å². The van der Waals surface area contributed by atoms with Crippen molar-refractivity contribution in [1.82, 2.24) is 10.2 Å². The quantitative estimate of drug-likeness (QED) is 0.793. The van der Waals surface area contributed by atoms with Gasteiger partial charge in [-0.2, -0.15) is 11.8 Å². The number of hydrogen-bond acceptors (Lipinski definition) is 3. The Morgan fingerprint density at radius 1 is 1.13 bits per heavy atom. The largest absolute Gasteiger partial charge is 0.317 e. The van der Waals surface area contributed by atoms with Crippen LogP contribution in [0.2, 0.25) is 0 Å². The van der Waals surface area contributed by atoms with Crippen molar-refractivity contribution < 1.29 is 0 Å². The molecule has 88 valence electrons. The summed E-state index contributed by atoms with van der Waals surface area (Å²) in [6.07, 6.45) is 5.60. The van der Waals surface area contributed by atoms with Gasteiger partial charge in [0.25, 0.3) is 0 Å². The minimum atomic E-state index is 0.781. The predicted molar refractivity (Wildman–Crippen MR) is 68.6 cm³/mol. The Balaban J connectivity index is 1.67.